The Balaban J connectivity index is 2.30. The van der Waals surface area contributed by atoms with Crippen LogP contribution >= 0.6 is 11.6 Å². The molecule has 0 aromatic heterocycles. The molecule has 0 bridgehead atoms. The summed E-state index contributed by atoms with van der Waals surface area (Å²) in [6, 6.07) is 4.76. The molecular formula is C15H18ClNO3. The van der Waals surface area contributed by atoms with E-state index in [4.69, 9.17) is 16.3 Å². The van der Waals surface area contributed by atoms with Gasteiger partial charge in [0.15, 0.2) is 0 Å². The van der Waals surface area contributed by atoms with Crippen molar-refractivity contribution in [3.63, 3.8) is 0 Å². The Labute approximate surface area is 123 Å². The highest BCUT2D eigenvalue weighted by atomic mass is 35.5. The van der Waals surface area contributed by atoms with Crippen LogP contribution in [-0.4, -0.2) is 36.5 Å². The first-order valence-electron chi connectivity index (χ1n) is 6.70. The van der Waals surface area contributed by atoms with Gasteiger partial charge in [-0.05, 0) is 43.9 Å². The highest BCUT2D eigenvalue weighted by Crippen LogP contribution is 2.24. The van der Waals surface area contributed by atoms with E-state index in [2.05, 4.69) is 0 Å². The number of nitrogens with zero attached hydrogens (tertiary/aromatic N) is 1. The minimum atomic E-state index is -0.486. The zero-order chi connectivity index (χ0) is 14.7. The average molecular weight is 296 g/mol. The van der Waals surface area contributed by atoms with Crippen molar-refractivity contribution in [2.75, 3.05) is 13.7 Å². The lowest BCUT2D eigenvalue weighted by atomic mass is 9.99. The summed E-state index contributed by atoms with van der Waals surface area (Å²) in [7, 11) is 1.35. The van der Waals surface area contributed by atoms with Gasteiger partial charge in [-0.25, -0.2) is 4.79 Å². The number of carbonyl (C=O) groups is 2. The van der Waals surface area contributed by atoms with Crippen LogP contribution in [0.1, 0.15) is 35.2 Å². The SMILES string of the molecule is COC(=O)C1CCCCN1C(=O)c1cccc(Cl)c1C. The maximum atomic E-state index is 12.7. The molecule has 108 valence electrons. The van der Waals surface area contributed by atoms with Crippen molar-refractivity contribution in [2.24, 2.45) is 0 Å². The molecule has 1 atom stereocenters. The van der Waals surface area contributed by atoms with Crippen molar-refractivity contribution in [1.29, 1.82) is 0 Å². The molecule has 1 amide bonds. The van der Waals surface area contributed by atoms with Crippen LogP contribution in [-0.2, 0) is 9.53 Å². The van der Waals surface area contributed by atoms with E-state index in [0.717, 1.165) is 18.4 Å². The van der Waals surface area contributed by atoms with E-state index in [1.165, 1.54) is 7.11 Å². The number of hydrogen-bond acceptors (Lipinski definition) is 3. The Morgan fingerprint density at radius 3 is 2.80 bits per heavy atom. The van der Waals surface area contributed by atoms with Crippen molar-refractivity contribution < 1.29 is 14.3 Å². The molecule has 1 unspecified atom stereocenters. The van der Waals surface area contributed by atoms with E-state index in [-0.39, 0.29) is 11.9 Å². The first-order chi connectivity index (χ1) is 9.56. The monoisotopic (exact) mass is 295 g/mol. The number of carbonyl (C=O) groups excluding carboxylic acids is 2. The minimum absolute atomic E-state index is 0.153. The third-order valence-electron chi connectivity index (χ3n) is 3.74. The fourth-order valence-electron chi connectivity index (χ4n) is 2.55. The van der Waals surface area contributed by atoms with E-state index in [1.54, 1.807) is 23.1 Å². The highest BCUT2D eigenvalue weighted by molar-refractivity contribution is 6.31. The summed E-state index contributed by atoms with van der Waals surface area (Å²) < 4.78 is 4.80. The Morgan fingerprint density at radius 2 is 2.10 bits per heavy atom. The summed E-state index contributed by atoms with van der Waals surface area (Å²) in [4.78, 5) is 26.1. The van der Waals surface area contributed by atoms with Gasteiger partial charge in [0, 0.05) is 17.1 Å². The molecule has 1 aromatic rings. The molecule has 1 heterocycles. The lowest BCUT2D eigenvalue weighted by Gasteiger charge is -2.34. The molecule has 1 fully saturated rings. The molecule has 0 spiro atoms. The van der Waals surface area contributed by atoms with Gasteiger partial charge in [0.1, 0.15) is 6.04 Å². The molecule has 2 rings (SSSR count). The number of ether oxygens (including phenoxy) is 1. The molecule has 0 aliphatic carbocycles. The van der Waals surface area contributed by atoms with Gasteiger partial charge >= 0.3 is 5.97 Å². The first kappa shape index (κ1) is 14.9. The van der Waals surface area contributed by atoms with Crippen molar-refractivity contribution in [3.05, 3.63) is 34.3 Å². The second-order valence-electron chi connectivity index (χ2n) is 4.95. The van der Waals surface area contributed by atoms with Gasteiger partial charge in [0.05, 0.1) is 7.11 Å². The van der Waals surface area contributed by atoms with Crippen LogP contribution in [0.15, 0.2) is 18.2 Å². The number of piperidine rings is 1. The molecule has 1 aromatic carbocycles. The standard InChI is InChI=1S/C15H18ClNO3/c1-10-11(6-5-7-12(10)16)14(18)17-9-4-3-8-13(17)15(19)20-2/h5-7,13H,3-4,8-9H2,1-2H3. The Bertz CT molecular complexity index is 530. The molecule has 5 heteroatoms. The van der Waals surface area contributed by atoms with Gasteiger partial charge in [-0.3, -0.25) is 4.79 Å². The number of rotatable bonds is 2. The van der Waals surface area contributed by atoms with E-state index < -0.39 is 6.04 Å². The van der Waals surface area contributed by atoms with Crippen molar-refractivity contribution >= 4 is 23.5 Å². The predicted molar refractivity (Wildman–Crippen MR) is 76.9 cm³/mol. The van der Waals surface area contributed by atoms with Crippen LogP contribution in [0, 0.1) is 6.92 Å². The van der Waals surface area contributed by atoms with Crippen molar-refractivity contribution in [2.45, 2.75) is 32.2 Å². The van der Waals surface area contributed by atoms with Gasteiger partial charge in [-0.15, -0.1) is 0 Å². The smallest absolute Gasteiger partial charge is 0.328 e. The third kappa shape index (κ3) is 2.80. The van der Waals surface area contributed by atoms with Gasteiger partial charge < -0.3 is 9.64 Å². The molecule has 0 radical (unpaired) electrons. The molecule has 1 aliphatic rings. The molecule has 1 saturated heterocycles. The summed E-state index contributed by atoms with van der Waals surface area (Å²) >= 11 is 6.06. The van der Waals surface area contributed by atoms with Crippen molar-refractivity contribution in [1.82, 2.24) is 4.90 Å². The zero-order valence-corrected chi connectivity index (χ0v) is 12.4. The van der Waals surface area contributed by atoms with Gasteiger partial charge in [-0.1, -0.05) is 17.7 Å². The lowest BCUT2D eigenvalue weighted by molar-refractivity contribution is -0.147. The fourth-order valence-corrected chi connectivity index (χ4v) is 2.72. The Hall–Kier alpha value is -1.55. The predicted octanol–water partition coefficient (Wildman–Crippen LogP) is 2.82. The van der Waals surface area contributed by atoms with E-state index in [1.807, 2.05) is 6.92 Å². The maximum Gasteiger partial charge on any atom is 0.328 e. The van der Waals surface area contributed by atoms with Crippen LogP contribution in [0.2, 0.25) is 5.02 Å². The Morgan fingerprint density at radius 1 is 1.35 bits per heavy atom. The summed E-state index contributed by atoms with van der Waals surface area (Å²) in [6.07, 6.45) is 2.48. The number of hydrogen-bond donors (Lipinski definition) is 0. The molecule has 4 nitrogen and oxygen atoms in total. The second kappa shape index (κ2) is 6.27. The summed E-state index contributed by atoms with van der Waals surface area (Å²) in [5.74, 6) is -0.502. The minimum Gasteiger partial charge on any atom is -0.467 e. The maximum absolute atomic E-state index is 12.7. The normalized spacial score (nSPS) is 18.8. The summed E-state index contributed by atoms with van der Waals surface area (Å²) in [6.45, 7) is 2.39. The fraction of sp³-hybridized carbons (Fsp3) is 0.467. The topological polar surface area (TPSA) is 46.6 Å². The average Bonchev–Trinajstić information content (AvgIpc) is 2.48. The van der Waals surface area contributed by atoms with Crippen LogP contribution in [0.4, 0.5) is 0 Å². The van der Waals surface area contributed by atoms with Crippen LogP contribution in [0.5, 0.6) is 0 Å². The van der Waals surface area contributed by atoms with E-state index in [0.29, 0.717) is 23.6 Å². The number of methoxy groups -OCH3 is 1. The van der Waals surface area contributed by atoms with Gasteiger partial charge in [0.25, 0.3) is 5.91 Å². The highest BCUT2D eigenvalue weighted by Gasteiger charge is 2.33. The number of halogens is 1. The van der Waals surface area contributed by atoms with Crippen LogP contribution < -0.4 is 0 Å². The Kier molecular flexibility index (Phi) is 4.65. The quantitative estimate of drug-likeness (QED) is 0.788. The molecule has 20 heavy (non-hydrogen) atoms. The van der Waals surface area contributed by atoms with Crippen LogP contribution in [0.3, 0.4) is 0 Å². The van der Waals surface area contributed by atoms with E-state index >= 15 is 0 Å². The van der Waals surface area contributed by atoms with Gasteiger partial charge in [0.2, 0.25) is 0 Å². The molecule has 0 saturated carbocycles. The molecule has 0 N–H and O–H groups in total. The summed E-state index contributed by atoms with van der Waals surface area (Å²) in [5, 5.41) is 0.558. The largest absolute Gasteiger partial charge is 0.467 e. The number of amides is 1. The number of benzene rings is 1. The van der Waals surface area contributed by atoms with E-state index in [9.17, 15) is 9.59 Å². The third-order valence-corrected chi connectivity index (χ3v) is 4.14. The van der Waals surface area contributed by atoms with Crippen molar-refractivity contribution in [3.8, 4) is 0 Å². The van der Waals surface area contributed by atoms with Crippen LogP contribution in [0.25, 0.3) is 0 Å². The molecule has 1 aliphatic heterocycles. The first-order valence-corrected chi connectivity index (χ1v) is 7.08. The molecular weight excluding hydrogens is 278 g/mol. The summed E-state index contributed by atoms with van der Waals surface area (Å²) in [5.41, 5.74) is 1.29. The number of esters is 1. The number of likely N-dealkylation sites (tertiary alicyclic amines) is 1. The second-order valence-corrected chi connectivity index (χ2v) is 5.35. The lowest BCUT2D eigenvalue weighted by Crippen LogP contribution is -2.48. The van der Waals surface area contributed by atoms with Gasteiger partial charge in [-0.2, -0.15) is 0 Å². The zero-order valence-electron chi connectivity index (χ0n) is 11.7.